The number of carboxylic acids is 1. The average molecular weight is 279 g/mol. The second kappa shape index (κ2) is 6.61. The van der Waals surface area contributed by atoms with Crippen LogP contribution in [0.2, 0.25) is 0 Å². The van der Waals surface area contributed by atoms with Crippen molar-refractivity contribution in [3.8, 4) is 0 Å². The summed E-state index contributed by atoms with van der Waals surface area (Å²) in [6, 6.07) is 9.75. The molecule has 0 unspecified atom stereocenters. The Morgan fingerprint density at radius 2 is 2.05 bits per heavy atom. The Hall–Kier alpha value is -1.49. The van der Waals surface area contributed by atoms with Crippen molar-refractivity contribution in [1.82, 2.24) is 4.90 Å². The zero-order valence-electron chi connectivity index (χ0n) is 10.6. The Morgan fingerprint density at radius 3 is 2.74 bits per heavy atom. The summed E-state index contributed by atoms with van der Waals surface area (Å²) in [4.78, 5) is 25.7. The number of carboxylic acid groups (broad SMARTS) is 1. The standard InChI is InChI=1S/C14H17NO3S/c16-13(10-19-12-6-2-1-3-7-12)15-8-4-5-11(9-15)14(17)18/h1-3,6-7,11H,4-5,8-10H2,(H,17,18)/t11-/m1/s1. The van der Waals surface area contributed by atoms with Gasteiger partial charge in [0.1, 0.15) is 0 Å². The molecular formula is C14H17NO3S. The van der Waals surface area contributed by atoms with Crippen LogP contribution in [0.5, 0.6) is 0 Å². The maximum Gasteiger partial charge on any atom is 0.308 e. The van der Waals surface area contributed by atoms with Gasteiger partial charge >= 0.3 is 5.97 Å². The van der Waals surface area contributed by atoms with E-state index in [-0.39, 0.29) is 5.91 Å². The zero-order valence-corrected chi connectivity index (χ0v) is 11.4. The largest absolute Gasteiger partial charge is 0.481 e. The number of carbonyl (C=O) groups excluding carboxylic acids is 1. The van der Waals surface area contributed by atoms with Crippen LogP contribution in [0.3, 0.4) is 0 Å². The van der Waals surface area contributed by atoms with Crippen LogP contribution in [-0.4, -0.2) is 40.7 Å². The van der Waals surface area contributed by atoms with Crippen molar-refractivity contribution in [1.29, 1.82) is 0 Å². The summed E-state index contributed by atoms with van der Waals surface area (Å²) in [5.74, 6) is -0.802. The van der Waals surface area contributed by atoms with E-state index in [0.717, 1.165) is 11.3 Å². The molecule has 0 saturated carbocycles. The van der Waals surface area contributed by atoms with Crippen molar-refractivity contribution in [3.63, 3.8) is 0 Å². The first-order chi connectivity index (χ1) is 9.16. The molecule has 1 aromatic rings. The fraction of sp³-hybridized carbons (Fsp3) is 0.429. The number of likely N-dealkylation sites (tertiary alicyclic amines) is 1. The number of benzene rings is 1. The minimum Gasteiger partial charge on any atom is -0.481 e. The molecule has 102 valence electrons. The number of amides is 1. The van der Waals surface area contributed by atoms with Gasteiger partial charge in [-0.15, -0.1) is 11.8 Å². The van der Waals surface area contributed by atoms with E-state index in [4.69, 9.17) is 5.11 Å². The average Bonchev–Trinajstić information content (AvgIpc) is 2.46. The van der Waals surface area contributed by atoms with Crippen LogP contribution in [-0.2, 0) is 9.59 Å². The maximum absolute atomic E-state index is 12.1. The molecule has 0 bridgehead atoms. The zero-order chi connectivity index (χ0) is 13.7. The predicted octanol–water partition coefficient (Wildman–Crippen LogP) is 2.10. The Morgan fingerprint density at radius 1 is 1.32 bits per heavy atom. The van der Waals surface area contributed by atoms with Gasteiger partial charge in [-0.05, 0) is 25.0 Å². The van der Waals surface area contributed by atoms with Crippen LogP contribution in [0.15, 0.2) is 35.2 Å². The SMILES string of the molecule is O=C(O)[C@@H]1CCCN(C(=O)CSc2ccccc2)C1. The molecule has 0 aliphatic carbocycles. The lowest BCUT2D eigenvalue weighted by Gasteiger charge is -2.30. The Balaban J connectivity index is 1.84. The number of aliphatic carboxylic acids is 1. The second-order valence-electron chi connectivity index (χ2n) is 4.62. The lowest BCUT2D eigenvalue weighted by molar-refractivity contribution is -0.145. The van der Waals surface area contributed by atoms with Crippen LogP contribution in [0.25, 0.3) is 0 Å². The minimum atomic E-state index is -0.798. The van der Waals surface area contributed by atoms with Gasteiger partial charge in [0.05, 0.1) is 11.7 Å². The molecule has 0 aromatic heterocycles. The normalized spacial score (nSPS) is 19.2. The smallest absolute Gasteiger partial charge is 0.308 e. The van der Waals surface area contributed by atoms with Gasteiger partial charge in [-0.3, -0.25) is 9.59 Å². The lowest BCUT2D eigenvalue weighted by Crippen LogP contribution is -2.43. The van der Waals surface area contributed by atoms with Gasteiger partial charge in [-0.25, -0.2) is 0 Å². The van der Waals surface area contributed by atoms with E-state index in [0.29, 0.717) is 25.3 Å². The van der Waals surface area contributed by atoms with Crippen molar-refractivity contribution in [2.45, 2.75) is 17.7 Å². The highest BCUT2D eigenvalue weighted by Gasteiger charge is 2.27. The summed E-state index contributed by atoms with van der Waals surface area (Å²) in [5, 5.41) is 9.00. The van der Waals surface area contributed by atoms with Gasteiger partial charge in [0.25, 0.3) is 0 Å². The molecule has 5 heteroatoms. The Labute approximate surface area is 116 Å². The molecule has 1 amide bonds. The maximum atomic E-state index is 12.1. The van der Waals surface area contributed by atoms with Gasteiger partial charge < -0.3 is 10.0 Å². The first-order valence-electron chi connectivity index (χ1n) is 6.35. The highest BCUT2D eigenvalue weighted by Crippen LogP contribution is 2.21. The van der Waals surface area contributed by atoms with Crippen LogP contribution in [0.4, 0.5) is 0 Å². The van der Waals surface area contributed by atoms with Gasteiger partial charge in [-0.2, -0.15) is 0 Å². The summed E-state index contributed by atoms with van der Waals surface area (Å²) in [6.45, 7) is 1.03. The van der Waals surface area contributed by atoms with E-state index < -0.39 is 11.9 Å². The van der Waals surface area contributed by atoms with E-state index in [1.807, 2.05) is 30.3 Å². The topological polar surface area (TPSA) is 57.6 Å². The third kappa shape index (κ3) is 3.99. The Kier molecular flexibility index (Phi) is 4.85. The lowest BCUT2D eigenvalue weighted by atomic mass is 9.98. The third-order valence-electron chi connectivity index (χ3n) is 3.23. The number of hydrogen-bond acceptors (Lipinski definition) is 3. The molecular weight excluding hydrogens is 262 g/mol. The van der Waals surface area contributed by atoms with Crippen molar-refractivity contribution < 1.29 is 14.7 Å². The molecule has 1 fully saturated rings. The fourth-order valence-corrected chi connectivity index (χ4v) is 2.98. The number of piperidine rings is 1. The van der Waals surface area contributed by atoms with Crippen molar-refractivity contribution >= 4 is 23.6 Å². The minimum absolute atomic E-state index is 0.0276. The quantitative estimate of drug-likeness (QED) is 0.858. The first kappa shape index (κ1) is 13.9. The molecule has 1 atom stereocenters. The molecule has 1 heterocycles. The molecule has 1 aliphatic rings. The van der Waals surface area contributed by atoms with E-state index >= 15 is 0 Å². The van der Waals surface area contributed by atoms with Crippen molar-refractivity contribution in [2.75, 3.05) is 18.8 Å². The summed E-state index contributed by atoms with van der Waals surface area (Å²) in [5.41, 5.74) is 0. The first-order valence-corrected chi connectivity index (χ1v) is 7.34. The van der Waals surface area contributed by atoms with Crippen LogP contribution in [0.1, 0.15) is 12.8 Å². The van der Waals surface area contributed by atoms with Gasteiger partial charge in [0, 0.05) is 18.0 Å². The number of carbonyl (C=O) groups is 2. The Bertz CT molecular complexity index is 449. The number of hydrogen-bond donors (Lipinski definition) is 1. The van der Waals surface area contributed by atoms with E-state index in [1.54, 1.807) is 4.90 Å². The molecule has 1 aromatic carbocycles. The number of nitrogens with zero attached hydrogens (tertiary/aromatic N) is 1. The van der Waals surface area contributed by atoms with Crippen LogP contribution >= 0.6 is 11.8 Å². The molecule has 2 rings (SSSR count). The predicted molar refractivity (Wildman–Crippen MR) is 74.1 cm³/mol. The van der Waals surface area contributed by atoms with Crippen LogP contribution in [0, 0.1) is 5.92 Å². The molecule has 4 nitrogen and oxygen atoms in total. The summed E-state index contributed by atoms with van der Waals surface area (Å²) in [6.07, 6.45) is 1.45. The highest BCUT2D eigenvalue weighted by molar-refractivity contribution is 8.00. The summed E-state index contributed by atoms with van der Waals surface area (Å²) < 4.78 is 0. The molecule has 0 spiro atoms. The van der Waals surface area contributed by atoms with Gasteiger partial charge in [0.15, 0.2) is 0 Å². The van der Waals surface area contributed by atoms with Crippen molar-refractivity contribution in [2.24, 2.45) is 5.92 Å². The fourth-order valence-electron chi connectivity index (χ4n) is 2.16. The van der Waals surface area contributed by atoms with Gasteiger partial charge in [0.2, 0.25) is 5.91 Å². The van der Waals surface area contributed by atoms with E-state index in [2.05, 4.69) is 0 Å². The monoisotopic (exact) mass is 279 g/mol. The molecule has 19 heavy (non-hydrogen) atoms. The third-order valence-corrected chi connectivity index (χ3v) is 4.23. The second-order valence-corrected chi connectivity index (χ2v) is 5.67. The molecule has 1 saturated heterocycles. The van der Waals surface area contributed by atoms with Crippen LogP contribution < -0.4 is 0 Å². The van der Waals surface area contributed by atoms with E-state index in [9.17, 15) is 9.59 Å². The van der Waals surface area contributed by atoms with Gasteiger partial charge in [-0.1, -0.05) is 18.2 Å². The number of rotatable bonds is 4. The molecule has 1 N–H and O–H groups in total. The highest BCUT2D eigenvalue weighted by atomic mass is 32.2. The summed E-state index contributed by atoms with van der Waals surface area (Å²) >= 11 is 1.49. The summed E-state index contributed by atoms with van der Waals surface area (Å²) in [7, 11) is 0. The molecule has 0 radical (unpaired) electrons. The molecule has 1 aliphatic heterocycles. The number of thioether (sulfide) groups is 1. The van der Waals surface area contributed by atoms with E-state index in [1.165, 1.54) is 11.8 Å². The van der Waals surface area contributed by atoms with Crippen molar-refractivity contribution in [3.05, 3.63) is 30.3 Å².